The van der Waals surface area contributed by atoms with Gasteiger partial charge in [-0.3, -0.25) is 4.18 Å². The molecule has 0 aromatic heterocycles. The van der Waals surface area contributed by atoms with Crippen molar-refractivity contribution in [1.29, 1.82) is 0 Å². The topological polar surface area (TPSA) is 46.6 Å². The highest BCUT2D eigenvalue weighted by atomic mass is 32.2. The zero-order valence-corrected chi connectivity index (χ0v) is 11.6. The lowest BCUT2D eigenvalue weighted by molar-refractivity contribution is 0.253. The Hall–Kier alpha value is -0.910. The number of hydrogen-bond donors (Lipinski definition) is 0. The van der Waals surface area contributed by atoms with E-state index in [1.54, 1.807) is 24.3 Å². The minimum atomic E-state index is -3.60. The Kier molecular flexibility index (Phi) is 4.04. The first kappa shape index (κ1) is 13.5. The molecule has 1 aromatic rings. The Morgan fingerprint density at radius 2 is 2.00 bits per heavy atom. The molecule has 0 saturated carbocycles. The molecule has 1 heterocycles. The summed E-state index contributed by atoms with van der Waals surface area (Å²) < 4.78 is 29.0. The van der Waals surface area contributed by atoms with Crippen LogP contribution in [-0.4, -0.2) is 40.1 Å². The Bertz CT molecular complexity index is 495. The van der Waals surface area contributed by atoms with E-state index in [-0.39, 0.29) is 11.5 Å². The zero-order chi connectivity index (χ0) is 13.2. The van der Waals surface area contributed by atoms with Crippen molar-refractivity contribution < 1.29 is 12.6 Å². The smallest absolute Gasteiger partial charge is 0.296 e. The molecule has 100 valence electrons. The van der Waals surface area contributed by atoms with Gasteiger partial charge in [0.1, 0.15) is 0 Å². The van der Waals surface area contributed by atoms with Crippen molar-refractivity contribution in [2.75, 3.05) is 26.7 Å². The third kappa shape index (κ3) is 3.31. The van der Waals surface area contributed by atoms with Gasteiger partial charge in [0.25, 0.3) is 10.1 Å². The lowest BCUT2D eigenvalue weighted by Crippen LogP contribution is -2.18. The van der Waals surface area contributed by atoms with Crippen LogP contribution in [0.15, 0.2) is 29.2 Å². The average molecular weight is 269 g/mol. The van der Waals surface area contributed by atoms with Crippen LogP contribution in [0.3, 0.4) is 0 Å². The summed E-state index contributed by atoms with van der Waals surface area (Å²) in [5, 5.41) is 0. The summed E-state index contributed by atoms with van der Waals surface area (Å²) in [7, 11) is -1.56. The standard InChI is InChI=1S/C13H19NO3S/c1-11-3-5-13(6-4-11)18(15,16)17-10-12-7-8-14(2)9-12/h3-6,12H,7-10H2,1-2H3/t12-/m1/s1. The predicted molar refractivity (Wildman–Crippen MR) is 69.9 cm³/mol. The Balaban J connectivity index is 1.97. The van der Waals surface area contributed by atoms with E-state index in [9.17, 15) is 8.42 Å². The van der Waals surface area contributed by atoms with Crippen LogP contribution in [0.25, 0.3) is 0 Å². The van der Waals surface area contributed by atoms with Crippen LogP contribution in [-0.2, 0) is 14.3 Å². The molecule has 0 aliphatic carbocycles. The molecule has 0 bridgehead atoms. The minimum absolute atomic E-state index is 0.236. The first-order valence-electron chi connectivity index (χ1n) is 6.12. The van der Waals surface area contributed by atoms with E-state index in [1.165, 1.54) is 0 Å². The number of likely N-dealkylation sites (tertiary alicyclic amines) is 1. The van der Waals surface area contributed by atoms with Crippen LogP contribution in [0.5, 0.6) is 0 Å². The predicted octanol–water partition coefficient (Wildman–Crippen LogP) is 1.65. The maximum Gasteiger partial charge on any atom is 0.296 e. The largest absolute Gasteiger partial charge is 0.306 e. The molecule has 0 N–H and O–H groups in total. The lowest BCUT2D eigenvalue weighted by Gasteiger charge is -2.11. The molecule has 1 saturated heterocycles. The third-order valence-electron chi connectivity index (χ3n) is 3.26. The number of nitrogens with zero attached hydrogens (tertiary/aromatic N) is 1. The molecular formula is C13H19NO3S. The van der Waals surface area contributed by atoms with Gasteiger partial charge >= 0.3 is 0 Å². The van der Waals surface area contributed by atoms with Crippen LogP contribution >= 0.6 is 0 Å². The minimum Gasteiger partial charge on any atom is -0.306 e. The number of hydrogen-bond acceptors (Lipinski definition) is 4. The summed E-state index contributed by atoms with van der Waals surface area (Å²) in [4.78, 5) is 2.42. The molecule has 18 heavy (non-hydrogen) atoms. The fourth-order valence-corrected chi connectivity index (χ4v) is 3.10. The van der Waals surface area contributed by atoms with Gasteiger partial charge in [-0.15, -0.1) is 0 Å². The molecule has 1 aliphatic heterocycles. The summed E-state index contributed by atoms with van der Waals surface area (Å²) in [6, 6.07) is 6.73. The van der Waals surface area contributed by atoms with Gasteiger partial charge in [-0.1, -0.05) is 17.7 Å². The second kappa shape index (κ2) is 5.38. The molecule has 2 rings (SSSR count). The van der Waals surface area contributed by atoms with Crippen LogP contribution in [0.1, 0.15) is 12.0 Å². The van der Waals surface area contributed by atoms with Gasteiger partial charge in [-0.2, -0.15) is 8.42 Å². The van der Waals surface area contributed by atoms with Gasteiger partial charge in [0.05, 0.1) is 11.5 Å². The Morgan fingerprint density at radius 1 is 1.33 bits per heavy atom. The molecule has 1 fully saturated rings. The maximum absolute atomic E-state index is 11.9. The molecular weight excluding hydrogens is 250 g/mol. The van der Waals surface area contributed by atoms with Crippen molar-refractivity contribution in [3.8, 4) is 0 Å². The second-order valence-corrected chi connectivity index (χ2v) is 6.58. The second-order valence-electron chi connectivity index (χ2n) is 4.97. The van der Waals surface area contributed by atoms with Gasteiger partial charge in [-0.25, -0.2) is 0 Å². The quantitative estimate of drug-likeness (QED) is 0.780. The summed E-state index contributed by atoms with van der Waals surface area (Å²) in [5.74, 6) is 0.315. The molecule has 1 aliphatic rings. The summed E-state index contributed by atoms with van der Waals surface area (Å²) in [5.41, 5.74) is 1.03. The van der Waals surface area contributed by atoms with E-state index >= 15 is 0 Å². The van der Waals surface area contributed by atoms with Gasteiger partial charge in [0, 0.05) is 6.54 Å². The highest BCUT2D eigenvalue weighted by molar-refractivity contribution is 7.86. The van der Waals surface area contributed by atoms with Crippen molar-refractivity contribution in [2.45, 2.75) is 18.2 Å². The van der Waals surface area contributed by atoms with Crippen LogP contribution < -0.4 is 0 Å². The monoisotopic (exact) mass is 269 g/mol. The van der Waals surface area contributed by atoms with Crippen molar-refractivity contribution in [2.24, 2.45) is 5.92 Å². The molecule has 0 unspecified atom stereocenters. The van der Waals surface area contributed by atoms with Crippen LogP contribution in [0.2, 0.25) is 0 Å². The SMILES string of the molecule is Cc1ccc(S(=O)(=O)OC[C@@H]2CCN(C)C2)cc1. The van der Waals surface area contributed by atoms with E-state index in [0.717, 1.165) is 25.1 Å². The summed E-state index contributed by atoms with van der Waals surface area (Å²) in [6.07, 6.45) is 1.000. The van der Waals surface area contributed by atoms with Crippen molar-refractivity contribution in [3.63, 3.8) is 0 Å². The van der Waals surface area contributed by atoms with Crippen LogP contribution in [0.4, 0.5) is 0 Å². The fraction of sp³-hybridized carbons (Fsp3) is 0.538. The molecule has 5 heteroatoms. The van der Waals surface area contributed by atoms with Gasteiger partial charge in [0.2, 0.25) is 0 Å². The summed E-state index contributed by atoms with van der Waals surface area (Å²) >= 11 is 0. The van der Waals surface area contributed by atoms with E-state index in [4.69, 9.17) is 4.18 Å². The number of benzene rings is 1. The molecule has 4 nitrogen and oxygen atoms in total. The highest BCUT2D eigenvalue weighted by Gasteiger charge is 2.23. The van der Waals surface area contributed by atoms with E-state index in [1.807, 2.05) is 14.0 Å². The Labute approximate surface area is 109 Å². The zero-order valence-electron chi connectivity index (χ0n) is 10.8. The number of aryl methyl sites for hydroxylation is 1. The van der Waals surface area contributed by atoms with Crippen LogP contribution in [0, 0.1) is 12.8 Å². The number of rotatable bonds is 4. The lowest BCUT2D eigenvalue weighted by atomic mass is 10.1. The molecule has 0 radical (unpaired) electrons. The van der Waals surface area contributed by atoms with Gasteiger partial charge in [-0.05, 0) is 45.0 Å². The normalized spacial score (nSPS) is 21.3. The highest BCUT2D eigenvalue weighted by Crippen LogP contribution is 2.18. The van der Waals surface area contributed by atoms with E-state index in [2.05, 4.69) is 4.90 Å². The van der Waals surface area contributed by atoms with Gasteiger partial charge < -0.3 is 4.90 Å². The van der Waals surface area contributed by atoms with E-state index < -0.39 is 10.1 Å². The summed E-state index contributed by atoms with van der Waals surface area (Å²) in [6.45, 7) is 4.12. The van der Waals surface area contributed by atoms with Crippen molar-refractivity contribution in [1.82, 2.24) is 4.90 Å². The molecule has 0 amide bonds. The van der Waals surface area contributed by atoms with Crippen molar-refractivity contribution in [3.05, 3.63) is 29.8 Å². The first-order valence-corrected chi connectivity index (χ1v) is 7.53. The molecule has 1 aromatic carbocycles. The third-order valence-corrected chi connectivity index (χ3v) is 4.55. The molecule has 0 spiro atoms. The molecule has 1 atom stereocenters. The fourth-order valence-electron chi connectivity index (χ4n) is 2.12. The van der Waals surface area contributed by atoms with Gasteiger partial charge in [0.15, 0.2) is 0 Å². The van der Waals surface area contributed by atoms with Crippen molar-refractivity contribution >= 4 is 10.1 Å². The Morgan fingerprint density at radius 3 is 2.56 bits per heavy atom. The average Bonchev–Trinajstić information content (AvgIpc) is 2.73. The van der Waals surface area contributed by atoms with E-state index in [0.29, 0.717) is 5.92 Å². The maximum atomic E-state index is 11.9. The first-order chi connectivity index (χ1) is 8.47.